The summed E-state index contributed by atoms with van der Waals surface area (Å²) in [5.41, 5.74) is 6.70. The summed E-state index contributed by atoms with van der Waals surface area (Å²) < 4.78 is 0. The van der Waals surface area contributed by atoms with E-state index < -0.39 is 0 Å². The van der Waals surface area contributed by atoms with E-state index in [0.717, 1.165) is 6.54 Å². The van der Waals surface area contributed by atoms with Crippen LogP contribution in [0.3, 0.4) is 0 Å². The standard InChI is InChI=1S/C8H11N3/c9-8-2-1-6(5-11-8)7-3-4-10-7/h1-2,5,7,10H,3-4H2,(H2,9,11)/t7-/m1/s1. The summed E-state index contributed by atoms with van der Waals surface area (Å²) in [6, 6.07) is 4.39. The first-order valence-corrected chi connectivity index (χ1v) is 3.81. The van der Waals surface area contributed by atoms with Gasteiger partial charge in [-0.1, -0.05) is 6.07 Å². The van der Waals surface area contributed by atoms with Gasteiger partial charge in [0.15, 0.2) is 0 Å². The molecule has 1 aromatic rings. The normalized spacial score (nSPS) is 22.7. The van der Waals surface area contributed by atoms with Crippen molar-refractivity contribution in [2.75, 3.05) is 12.3 Å². The van der Waals surface area contributed by atoms with Gasteiger partial charge in [0.1, 0.15) is 5.82 Å². The van der Waals surface area contributed by atoms with Crippen LogP contribution >= 0.6 is 0 Å². The second kappa shape index (κ2) is 2.51. The van der Waals surface area contributed by atoms with Crippen LogP contribution in [0.25, 0.3) is 0 Å². The van der Waals surface area contributed by atoms with Crippen LogP contribution in [0, 0.1) is 0 Å². The van der Waals surface area contributed by atoms with Gasteiger partial charge in [-0.15, -0.1) is 0 Å². The number of nitrogen functional groups attached to an aromatic ring is 1. The van der Waals surface area contributed by atoms with Crippen molar-refractivity contribution in [3.63, 3.8) is 0 Å². The fourth-order valence-electron chi connectivity index (χ4n) is 1.20. The summed E-state index contributed by atoms with van der Waals surface area (Å²) in [7, 11) is 0. The molecule has 1 fully saturated rings. The Kier molecular flexibility index (Phi) is 1.51. The fraction of sp³-hybridized carbons (Fsp3) is 0.375. The summed E-state index contributed by atoms with van der Waals surface area (Å²) in [6.07, 6.45) is 3.05. The van der Waals surface area contributed by atoms with Gasteiger partial charge in [0, 0.05) is 12.2 Å². The minimum absolute atomic E-state index is 0.517. The van der Waals surface area contributed by atoms with E-state index in [4.69, 9.17) is 5.73 Å². The minimum Gasteiger partial charge on any atom is -0.384 e. The molecule has 1 saturated heterocycles. The van der Waals surface area contributed by atoms with E-state index in [0.29, 0.717) is 11.9 Å². The van der Waals surface area contributed by atoms with Gasteiger partial charge in [0.25, 0.3) is 0 Å². The number of aromatic nitrogens is 1. The Bertz CT molecular complexity index is 238. The lowest BCUT2D eigenvalue weighted by atomic mass is 10.00. The monoisotopic (exact) mass is 149 g/mol. The second-order valence-electron chi connectivity index (χ2n) is 2.81. The highest BCUT2D eigenvalue weighted by Gasteiger charge is 2.17. The fourth-order valence-corrected chi connectivity index (χ4v) is 1.20. The smallest absolute Gasteiger partial charge is 0.123 e. The molecule has 1 atom stereocenters. The first-order chi connectivity index (χ1) is 5.36. The van der Waals surface area contributed by atoms with E-state index in [-0.39, 0.29) is 0 Å². The van der Waals surface area contributed by atoms with Crippen molar-refractivity contribution in [3.8, 4) is 0 Å². The lowest BCUT2D eigenvalue weighted by Crippen LogP contribution is -2.34. The summed E-state index contributed by atoms with van der Waals surface area (Å²) in [6.45, 7) is 1.12. The number of pyridine rings is 1. The molecule has 0 bridgehead atoms. The quantitative estimate of drug-likeness (QED) is 0.618. The maximum absolute atomic E-state index is 5.45. The molecule has 1 aromatic heterocycles. The molecule has 0 spiro atoms. The van der Waals surface area contributed by atoms with Gasteiger partial charge < -0.3 is 11.1 Å². The predicted octanol–water partition coefficient (Wildman–Crippen LogP) is 0.698. The number of nitrogens with zero attached hydrogens (tertiary/aromatic N) is 1. The average molecular weight is 149 g/mol. The number of rotatable bonds is 1. The van der Waals surface area contributed by atoms with Gasteiger partial charge >= 0.3 is 0 Å². The Morgan fingerprint density at radius 1 is 1.55 bits per heavy atom. The molecular weight excluding hydrogens is 138 g/mol. The third-order valence-corrected chi connectivity index (χ3v) is 2.04. The molecule has 2 heterocycles. The van der Waals surface area contributed by atoms with Crippen LogP contribution in [0.5, 0.6) is 0 Å². The third kappa shape index (κ3) is 1.19. The molecule has 2 rings (SSSR count). The van der Waals surface area contributed by atoms with Crippen LogP contribution in [0.2, 0.25) is 0 Å². The van der Waals surface area contributed by atoms with Crippen molar-refractivity contribution in [1.82, 2.24) is 10.3 Å². The van der Waals surface area contributed by atoms with Gasteiger partial charge in [0.05, 0.1) is 0 Å². The highest BCUT2D eigenvalue weighted by atomic mass is 15.0. The largest absolute Gasteiger partial charge is 0.384 e. The van der Waals surface area contributed by atoms with Crippen LogP contribution in [0.15, 0.2) is 18.3 Å². The number of hydrogen-bond acceptors (Lipinski definition) is 3. The van der Waals surface area contributed by atoms with E-state index in [1.54, 1.807) is 0 Å². The van der Waals surface area contributed by atoms with Crippen molar-refractivity contribution < 1.29 is 0 Å². The van der Waals surface area contributed by atoms with Gasteiger partial charge in [-0.25, -0.2) is 4.98 Å². The van der Waals surface area contributed by atoms with Crippen molar-refractivity contribution in [3.05, 3.63) is 23.9 Å². The van der Waals surface area contributed by atoms with Gasteiger partial charge in [-0.3, -0.25) is 0 Å². The summed E-state index contributed by atoms with van der Waals surface area (Å²) in [5.74, 6) is 0.591. The molecule has 0 aliphatic carbocycles. The molecule has 1 aliphatic heterocycles. The van der Waals surface area contributed by atoms with E-state index in [9.17, 15) is 0 Å². The van der Waals surface area contributed by atoms with E-state index >= 15 is 0 Å². The molecule has 3 heteroatoms. The highest BCUT2D eigenvalue weighted by molar-refractivity contribution is 5.31. The SMILES string of the molecule is Nc1ccc([C@H]2CCN2)cn1. The summed E-state index contributed by atoms with van der Waals surface area (Å²) in [4.78, 5) is 4.02. The van der Waals surface area contributed by atoms with Gasteiger partial charge in [0.2, 0.25) is 0 Å². The molecule has 0 radical (unpaired) electrons. The van der Waals surface area contributed by atoms with Crippen LogP contribution in [0.4, 0.5) is 5.82 Å². The predicted molar refractivity (Wildman–Crippen MR) is 44.0 cm³/mol. The molecule has 3 nitrogen and oxygen atoms in total. The Hall–Kier alpha value is -1.09. The topological polar surface area (TPSA) is 50.9 Å². The first-order valence-electron chi connectivity index (χ1n) is 3.81. The van der Waals surface area contributed by atoms with Crippen LogP contribution in [0.1, 0.15) is 18.0 Å². The Morgan fingerprint density at radius 3 is 2.82 bits per heavy atom. The molecule has 11 heavy (non-hydrogen) atoms. The first kappa shape index (κ1) is 6.61. The molecule has 0 unspecified atom stereocenters. The average Bonchev–Trinajstić information content (AvgIpc) is 1.90. The van der Waals surface area contributed by atoms with Crippen LogP contribution in [-0.4, -0.2) is 11.5 Å². The zero-order chi connectivity index (χ0) is 7.68. The number of nitrogens with two attached hydrogens (primary N) is 1. The van der Waals surface area contributed by atoms with E-state index in [1.807, 2.05) is 18.3 Å². The molecule has 1 aliphatic rings. The van der Waals surface area contributed by atoms with Crippen LogP contribution in [-0.2, 0) is 0 Å². The number of hydrogen-bond donors (Lipinski definition) is 2. The van der Waals surface area contributed by atoms with Crippen molar-refractivity contribution in [2.24, 2.45) is 0 Å². The molecule has 58 valence electrons. The summed E-state index contributed by atoms with van der Waals surface area (Å²) in [5, 5.41) is 3.30. The maximum atomic E-state index is 5.45. The molecule has 3 N–H and O–H groups in total. The Balaban J connectivity index is 2.18. The van der Waals surface area contributed by atoms with Gasteiger partial charge in [-0.05, 0) is 24.6 Å². The molecule has 0 saturated carbocycles. The van der Waals surface area contributed by atoms with E-state index in [1.165, 1.54) is 12.0 Å². The third-order valence-electron chi connectivity index (χ3n) is 2.04. The van der Waals surface area contributed by atoms with Crippen molar-refractivity contribution in [1.29, 1.82) is 0 Å². The zero-order valence-electron chi connectivity index (χ0n) is 6.25. The van der Waals surface area contributed by atoms with Crippen molar-refractivity contribution >= 4 is 5.82 Å². The Labute approximate surface area is 65.6 Å². The van der Waals surface area contributed by atoms with Crippen LogP contribution < -0.4 is 11.1 Å². The van der Waals surface area contributed by atoms with E-state index in [2.05, 4.69) is 10.3 Å². The second-order valence-corrected chi connectivity index (χ2v) is 2.81. The Morgan fingerprint density at radius 2 is 2.36 bits per heavy atom. The molecule has 0 aromatic carbocycles. The highest BCUT2D eigenvalue weighted by Crippen LogP contribution is 2.21. The molecule has 0 amide bonds. The zero-order valence-corrected chi connectivity index (χ0v) is 6.25. The number of nitrogens with one attached hydrogen (secondary N) is 1. The molecular formula is C8H11N3. The lowest BCUT2D eigenvalue weighted by Gasteiger charge is -2.27. The minimum atomic E-state index is 0.517. The number of anilines is 1. The van der Waals surface area contributed by atoms with Gasteiger partial charge in [-0.2, -0.15) is 0 Å². The summed E-state index contributed by atoms with van der Waals surface area (Å²) >= 11 is 0. The lowest BCUT2D eigenvalue weighted by molar-refractivity contribution is 0.382. The maximum Gasteiger partial charge on any atom is 0.123 e. The van der Waals surface area contributed by atoms with Crippen molar-refractivity contribution in [2.45, 2.75) is 12.5 Å².